The van der Waals surface area contributed by atoms with Crippen molar-refractivity contribution in [2.45, 2.75) is 12.5 Å². The summed E-state index contributed by atoms with van der Waals surface area (Å²) in [6.07, 6.45) is 0.431. The number of amides is 2. The second-order valence-electron chi connectivity index (χ2n) is 5.77. The highest BCUT2D eigenvalue weighted by Gasteiger charge is 2.34. The first-order valence-electron chi connectivity index (χ1n) is 7.88. The highest BCUT2D eigenvalue weighted by Crippen LogP contribution is 2.26. The average molecular weight is 372 g/mol. The summed E-state index contributed by atoms with van der Waals surface area (Å²) in [6, 6.07) is 4.30. The Morgan fingerprint density at radius 3 is 2.32 bits per heavy atom. The zero-order chi connectivity index (χ0) is 18.4. The van der Waals surface area contributed by atoms with E-state index in [0.29, 0.717) is 36.8 Å². The van der Waals surface area contributed by atoms with Gasteiger partial charge in [-0.25, -0.2) is 13.2 Å². The Hall–Kier alpha value is -2.00. The average Bonchev–Trinajstić information content (AvgIpc) is 2.94. The maximum atomic E-state index is 12.7. The van der Waals surface area contributed by atoms with Crippen LogP contribution in [0.15, 0.2) is 18.2 Å². The van der Waals surface area contributed by atoms with Crippen molar-refractivity contribution in [3.05, 3.63) is 18.2 Å². The summed E-state index contributed by atoms with van der Waals surface area (Å²) in [7, 11) is 1.49. The molecule has 1 N–H and O–H groups in total. The first-order valence-corrected chi connectivity index (χ1v) is 9.70. The monoisotopic (exact) mass is 372 g/mol. The number of urea groups is 1. The van der Waals surface area contributed by atoms with Crippen LogP contribution in [0.2, 0.25) is 0 Å². The van der Waals surface area contributed by atoms with Crippen LogP contribution in [-0.2, 0) is 14.6 Å². The Bertz CT molecular complexity index is 684. The molecule has 1 aromatic carbocycles. The number of anilines is 1. The molecule has 1 fully saturated rings. The van der Waals surface area contributed by atoms with Gasteiger partial charge in [-0.05, 0) is 6.42 Å². The van der Waals surface area contributed by atoms with Crippen molar-refractivity contribution >= 4 is 21.6 Å². The molecular formula is C16H24N2O6S. The topological polar surface area (TPSA) is 94.2 Å². The van der Waals surface area contributed by atoms with E-state index in [9.17, 15) is 13.2 Å². The smallest absolute Gasteiger partial charge is 0.322 e. The maximum Gasteiger partial charge on any atom is 0.322 e. The van der Waals surface area contributed by atoms with Gasteiger partial charge in [-0.3, -0.25) is 0 Å². The minimum atomic E-state index is -3.10. The van der Waals surface area contributed by atoms with Gasteiger partial charge in [0.2, 0.25) is 0 Å². The van der Waals surface area contributed by atoms with Crippen LogP contribution in [0, 0.1) is 0 Å². The van der Waals surface area contributed by atoms with E-state index in [1.165, 1.54) is 26.2 Å². The van der Waals surface area contributed by atoms with E-state index in [4.69, 9.17) is 14.2 Å². The van der Waals surface area contributed by atoms with Crippen molar-refractivity contribution in [1.29, 1.82) is 0 Å². The molecule has 1 atom stereocenters. The van der Waals surface area contributed by atoms with Gasteiger partial charge in [-0.2, -0.15) is 0 Å². The van der Waals surface area contributed by atoms with Gasteiger partial charge in [0.15, 0.2) is 9.84 Å². The fourth-order valence-corrected chi connectivity index (χ4v) is 4.47. The van der Waals surface area contributed by atoms with Crippen molar-refractivity contribution in [3.8, 4) is 11.5 Å². The van der Waals surface area contributed by atoms with Gasteiger partial charge >= 0.3 is 6.03 Å². The first kappa shape index (κ1) is 19.3. The number of carbonyl (C=O) groups excluding carboxylic acids is 1. The Balaban J connectivity index is 2.16. The molecule has 0 spiro atoms. The Labute approximate surface area is 148 Å². The van der Waals surface area contributed by atoms with E-state index in [0.717, 1.165) is 0 Å². The summed E-state index contributed by atoms with van der Waals surface area (Å²) < 4.78 is 38.9. The van der Waals surface area contributed by atoms with Gasteiger partial charge < -0.3 is 24.4 Å². The predicted molar refractivity (Wildman–Crippen MR) is 94.2 cm³/mol. The van der Waals surface area contributed by atoms with Gasteiger partial charge in [0.1, 0.15) is 11.5 Å². The van der Waals surface area contributed by atoms with Crippen LogP contribution in [0.4, 0.5) is 10.5 Å². The molecule has 0 aliphatic carbocycles. The zero-order valence-electron chi connectivity index (χ0n) is 14.6. The van der Waals surface area contributed by atoms with Gasteiger partial charge in [0.25, 0.3) is 0 Å². The lowest BCUT2D eigenvalue weighted by Gasteiger charge is -2.28. The molecule has 1 aliphatic rings. The van der Waals surface area contributed by atoms with Crippen LogP contribution in [0.25, 0.3) is 0 Å². The van der Waals surface area contributed by atoms with Crippen LogP contribution < -0.4 is 14.8 Å². The van der Waals surface area contributed by atoms with Crippen LogP contribution >= 0.6 is 0 Å². The molecule has 2 amide bonds. The lowest BCUT2D eigenvalue weighted by Crippen LogP contribution is -2.45. The second kappa shape index (κ2) is 8.39. The summed E-state index contributed by atoms with van der Waals surface area (Å²) in [5.41, 5.74) is 0.504. The Kier molecular flexibility index (Phi) is 6.49. The molecule has 0 saturated carbocycles. The van der Waals surface area contributed by atoms with Crippen LogP contribution in [0.3, 0.4) is 0 Å². The Morgan fingerprint density at radius 1 is 1.20 bits per heavy atom. The highest BCUT2D eigenvalue weighted by molar-refractivity contribution is 7.91. The van der Waals surface area contributed by atoms with E-state index in [2.05, 4.69) is 5.32 Å². The molecule has 8 nitrogen and oxygen atoms in total. The van der Waals surface area contributed by atoms with Crippen LogP contribution in [-0.4, -0.2) is 71.4 Å². The zero-order valence-corrected chi connectivity index (χ0v) is 15.5. The van der Waals surface area contributed by atoms with Gasteiger partial charge in [-0.1, -0.05) is 0 Å². The molecule has 1 aromatic rings. The first-order chi connectivity index (χ1) is 11.9. The van der Waals surface area contributed by atoms with Crippen molar-refractivity contribution in [1.82, 2.24) is 4.90 Å². The summed E-state index contributed by atoms with van der Waals surface area (Å²) >= 11 is 0. The van der Waals surface area contributed by atoms with Gasteiger partial charge in [0, 0.05) is 43.6 Å². The van der Waals surface area contributed by atoms with E-state index in [1.807, 2.05) is 0 Å². The van der Waals surface area contributed by atoms with Crippen LogP contribution in [0.5, 0.6) is 11.5 Å². The second-order valence-corrected chi connectivity index (χ2v) is 8.00. The molecule has 0 bridgehead atoms. The third kappa shape index (κ3) is 5.23. The third-order valence-electron chi connectivity index (χ3n) is 4.05. The van der Waals surface area contributed by atoms with Crippen LogP contribution in [0.1, 0.15) is 6.42 Å². The van der Waals surface area contributed by atoms with Crippen molar-refractivity contribution in [2.75, 3.05) is 51.3 Å². The number of carbonyl (C=O) groups is 1. The number of benzene rings is 1. The molecule has 1 heterocycles. The number of hydrogen-bond acceptors (Lipinski definition) is 6. The number of nitrogens with zero attached hydrogens (tertiary/aromatic N) is 1. The van der Waals surface area contributed by atoms with E-state index >= 15 is 0 Å². The fourth-order valence-electron chi connectivity index (χ4n) is 2.74. The molecule has 1 aliphatic heterocycles. The summed E-state index contributed by atoms with van der Waals surface area (Å²) in [5.74, 6) is 1.16. The number of methoxy groups -OCH3 is 3. The maximum absolute atomic E-state index is 12.7. The number of hydrogen-bond donors (Lipinski definition) is 1. The quantitative estimate of drug-likeness (QED) is 0.777. The molecule has 1 unspecified atom stereocenters. The number of ether oxygens (including phenoxy) is 3. The molecule has 1 saturated heterocycles. The molecular weight excluding hydrogens is 348 g/mol. The lowest BCUT2D eigenvalue weighted by atomic mass is 10.2. The van der Waals surface area contributed by atoms with Crippen molar-refractivity contribution in [3.63, 3.8) is 0 Å². The normalized spacial score (nSPS) is 18.6. The SMILES string of the molecule is COCCN(C(=O)Nc1cc(OC)cc(OC)c1)C1CCS(=O)(=O)C1. The molecule has 2 rings (SSSR count). The van der Waals surface area contributed by atoms with Gasteiger partial charge in [0.05, 0.1) is 32.3 Å². The third-order valence-corrected chi connectivity index (χ3v) is 5.80. The van der Waals surface area contributed by atoms with Gasteiger partial charge in [-0.15, -0.1) is 0 Å². The van der Waals surface area contributed by atoms with E-state index in [1.54, 1.807) is 18.2 Å². The minimum absolute atomic E-state index is 0.0223. The highest BCUT2D eigenvalue weighted by atomic mass is 32.2. The standard InChI is InChI=1S/C16H24N2O6S/c1-22-6-5-18(13-4-7-25(20,21)11-13)16(19)17-12-8-14(23-2)10-15(9-12)24-3/h8-10,13H,4-7,11H2,1-3H3,(H,17,19). The number of sulfone groups is 1. The molecule has 0 radical (unpaired) electrons. The van der Waals surface area contributed by atoms with E-state index in [-0.39, 0.29) is 23.6 Å². The molecule has 25 heavy (non-hydrogen) atoms. The fraction of sp³-hybridized carbons (Fsp3) is 0.562. The molecule has 0 aromatic heterocycles. The predicted octanol–water partition coefficient (Wildman–Crippen LogP) is 1.37. The lowest BCUT2D eigenvalue weighted by molar-refractivity contribution is 0.140. The molecule has 140 valence electrons. The number of nitrogens with one attached hydrogen (secondary N) is 1. The number of rotatable bonds is 7. The van der Waals surface area contributed by atoms with E-state index < -0.39 is 9.84 Å². The largest absolute Gasteiger partial charge is 0.497 e. The summed E-state index contributed by atoms with van der Waals surface area (Å²) in [4.78, 5) is 14.2. The molecule has 9 heteroatoms. The summed E-state index contributed by atoms with van der Waals surface area (Å²) in [5, 5.41) is 2.78. The summed E-state index contributed by atoms with van der Waals surface area (Å²) in [6.45, 7) is 0.634. The van der Waals surface area contributed by atoms with Crippen molar-refractivity contribution in [2.24, 2.45) is 0 Å². The minimum Gasteiger partial charge on any atom is -0.497 e. The van der Waals surface area contributed by atoms with Crippen molar-refractivity contribution < 1.29 is 27.4 Å². The Morgan fingerprint density at radius 2 is 1.84 bits per heavy atom.